The van der Waals surface area contributed by atoms with Crippen LogP contribution in [0.2, 0.25) is 0 Å². The largest absolute Gasteiger partial charge is 0.0984 e. The second-order valence-corrected chi connectivity index (χ2v) is 8.42. The van der Waals surface area contributed by atoms with Gasteiger partial charge < -0.3 is 0 Å². The molecular formula is C31H26. The van der Waals surface area contributed by atoms with Gasteiger partial charge in [-0.05, 0) is 92.9 Å². The fourth-order valence-corrected chi connectivity index (χ4v) is 4.86. The topological polar surface area (TPSA) is 0 Å². The molecule has 31 heavy (non-hydrogen) atoms. The van der Waals surface area contributed by atoms with E-state index in [-0.39, 0.29) is 0 Å². The molecule has 0 heteroatoms. The summed E-state index contributed by atoms with van der Waals surface area (Å²) in [6, 6.07) is 30.9. The third kappa shape index (κ3) is 3.16. The highest BCUT2D eigenvalue weighted by atomic mass is 14.2. The highest BCUT2D eigenvalue weighted by Crippen LogP contribution is 2.40. The van der Waals surface area contributed by atoms with Crippen molar-refractivity contribution in [2.24, 2.45) is 0 Å². The number of benzene rings is 5. The Morgan fingerprint density at radius 2 is 1.06 bits per heavy atom. The van der Waals surface area contributed by atoms with Crippen LogP contribution in [0.5, 0.6) is 0 Å². The van der Waals surface area contributed by atoms with Crippen molar-refractivity contribution in [2.45, 2.75) is 20.8 Å². The molecule has 0 radical (unpaired) electrons. The normalized spacial score (nSPS) is 11.2. The van der Waals surface area contributed by atoms with Crippen molar-refractivity contribution in [3.63, 3.8) is 0 Å². The summed E-state index contributed by atoms with van der Waals surface area (Å²) >= 11 is 0. The molecule has 0 amide bonds. The Morgan fingerprint density at radius 1 is 0.548 bits per heavy atom. The molecule has 0 N–H and O–H groups in total. The Balaban J connectivity index is 1.82. The predicted molar refractivity (Wildman–Crippen MR) is 137 cm³/mol. The maximum absolute atomic E-state index is 4.18. The molecule has 0 spiro atoms. The van der Waals surface area contributed by atoms with E-state index in [1.807, 2.05) is 6.08 Å². The van der Waals surface area contributed by atoms with Gasteiger partial charge in [0.25, 0.3) is 0 Å². The molecule has 0 unspecified atom stereocenters. The SMILES string of the molecule is C=Cc1cc(-c2c(C)ccc3ccccc23)c(C)cc1-c1c(C)ccc2ccccc12. The summed E-state index contributed by atoms with van der Waals surface area (Å²) in [7, 11) is 0. The molecule has 0 atom stereocenters. The summed E-state index contributed by atoms with van der Waals surface area (Å²) in [5.41, 5.74) is 10.2. The number of rotatable bonds is 3. The van der Waals surface area contributed by atoms with Gasteiger partial charge in [0, 0.05) is 0 Å². The number of aryl methyl sites for hydroxylation is 3. The Labute approximate surface area is 184 Å². The van der Waals surface area contributed by atoms with Crippen molar-refractivity contribution in [1.82, 2.24) is 0 Å². The van der Waals surface area contributed by atoms with Gasteiger partial charge in [-0.25, -0.2) is 0 Å². The second kappa shape index (κ2) is 7.56. The molecule has 0 fully saturated rings. The van der Waals surface area contributed by atoms with Gasteiger partial charge in [-0.1, -0.05) is 91.5 Å². The van der Waals surface area contributed by atoms with Crippen LogP contribution in [-0.4, -0.2) is 0 Å². The van der Waals surface area contributed by atoms with Crippen molar-refractivity contribution < 1.29 is 0 Å². The molecule has 150 valence electrons. The average molecular weight is 399 g/mol. The fourth-order valence-electron chi connectivity index (χ4n) is 4.86. The Morgan fingerprint density at radius 3 is 1.61 bits per heavy atom. The molecule has 0 bridgehead atoms. The lowest BCUT2D eigenvalue weighted by Gasteiger charge is -2.19. The van der Waals surface area contributed by atoms with E-state index in [4.69, 9.17) is 0 Å². The molecule has 5 aromatic rings. The van der Waals surface area contributed by atoms with Crippen LogP contribution < -0.4 is 0 Å². The molecular weight excluding hydrogens is 372 g/mol. The molecule has 5 aromatic carbocycles. The van der Waals surface area contributed by atoms with Gasteiger partial charge in [0.15, 0.2) is 0 Å². The molecule has 0 heterocycles. The van der Waals surface area contributed by atoms with Crippen LogP contribution >= 0.6 is 0 Å². The summed E-state index contributed by atoms with van der Waals surface area (Å²) in [6.07, 6.45) is 2.00. The van der Waals surface area contributed by atoms with E-state index in [1.165, 1.54) is 66.1 Å². The maximum Gasteiger partial charge on any atom is -0.00700 e. The molecule has 0 aromatic heterocycles. The van der Waals surface area contributed by atoms with E-state index in [0.29, 0.717) is 0 Å². The highest BCUT2D eigenvalue weighted by Gasteiger charge is 2.16. The van der Waals surface area contributed by atoms with Gasteiger partial charge in [0.05, 0.1) is 0 Å². The lowest BCUT2D eigenvalue weighted by molar-refractivity contribution is 1.41. The van der Waals surface area contributed by atoms with E-state index in [2.05, 4.69) is 112 Å². The lowest BCUT2D eigenvalue weighted by Crippen LogP contribution is -1.95. The molecule has 0 saturated carbocycles. The third-order valence-electron chi connectivity index (χ3n) is 6.43. The van der Waals surface area contributed by atoms with Gasteiger partial charge in [-0.15, -0.1) is 0 Å². The Hall–Kier alpha value is -3.64. The molecule has 0 saturated heterocycles. The highest BCUT2D eigenvalue weighted by molar-refractivity contribution is 6.03. The fraction of sp³-hybridized carbons (Fsp3) is 0.0968. The summed E-state index contributed by atoms with van der Waals surface area (Å²) in [6.45, 7) is 10.8. The molecule has 5 rings (SSSR count). The quantitative estimate of drug-likeness (QED) is 0.284. The van der Waals surface area contributed by atoms with E-state index in [0.717, 1.165) is 0 Å². The van der Waals surface area contributed by atoms with Gasteiger partial charge in [0.2, 0.25) is 0 Å². The average Bonchev–Trinajstić information content (AvgIpc) is 2.79. The number of fused-ring (bicyclic) bond motifs is 2. The summed E-state index contributed by atoms with van der Waals surface area (Å²) < 4.78 is 0. The monoisotopic (exact) mass is 398 g/mol. The third-order valence-corrected chi connectivity index (χ3v) is 6.43. The first kappa shape index (κ1) is 19.3. The lowest BCUT2D eigenvalue weighted by atomic mass is 9.85. The standard InChI is InChI=1S/C31H26/c1-5-23-19-28(30-20(2)14-16-24-10-6-8-12-26(24)30)22(4)18-29(23)31-21(3)15-17-25-11-7-9-13-27(25)31/h5-19H,1H2,2-4H3. The van der Waals surface area contributed by atoms with Crippen LogP contribution in [0, 0.1) is 20.8 Å². The van der Waals surface area contributed by atoms with Crippen LogP contribution in [0.3, 0.4) is 0 Å². The smallest absolute Gasteiger partial charge is 0.00700 e. The van der Waals surface area contributed by atoms with E-state index in [1.54, 1.807) is 0 Å². The minimum atomic E-state index is 1.17. The first-order valence-electron chi connectivity index (χ1n) is 10.8. The van der Waals surface area contributed by atoms with Gasteiger partial charge >= 0.3 is 0 Å². The minimum absolute atomic E-state index is 1.17. The molecule has 0 aliphatic heterocycles. The zero-order valence-electron chi connectivity index (χ0n) is 18.4. The van der Waals surface area contributed by atoms with Crippen molar-refractivity contribution in [3.8, 4) is 22.3 Å². The zero-order chi connectivity index (χ0) is 21.5. The minimum Gasteiger partial charge on any atom is -0.0984 e. The summed E-state index contributed by atoms with van der Waals surface area (Å²) in [5, 5.41) is 5.13. The Bertz CT molecular complexity index is 1470. The van der Waals surface area contributed by atoms with Crippen molar-refractivity contribution in [1.29, 1.82) is 0 Å². The van der Waals surface area contributed by atoms with Gasteiger partial charge in [0.1, 0.15) is 0 Å². The summed E-state index contributed by atoms with van der Waals surface area (Å²) in [5.74, 6) is 0. The maximum atomic E-state index is 4.18. The van der Waals surface area contributed by atoms with E-state index < -0.39 is 0 Å². The molecule has 0 aliphatic rings. The van der Waals surface area contributed by atoms with Crippen molar-refractivity contribution in [3.05, 3.63) is 114 Å². The zero-order valence-corrected chi connectivity index (χ0v) is 18.4. The van der Waals surface area contributed by atoms with E-state index >= 15 is 0 Å². The first-order chi connectivity index (χ1) is 15.1. The van der Waals surface area contributed by atoms with Crippen LogP contribution in [0.4, 0.5) is 0 Å². The van der Waals surface area contributed by atoms with Gasteiger partial charge in [-0.2, -0.15) is 0 Å². The number of hydrogen-bond acceptors (Lipinski definition) is 0. The van der Waals surface area contributed by atoms with Crippen LogP contribution in [0.25, 0.3) is 49.9 Å². The Kier molecular flexibility index (Phi) is 4.71. The summed E-state index contributed by atoms with van der Waals surface area (Å²) in [4.78, 5) is 0. The molecule has 0 aliphatic carbocycles. The van der Waals surface area contributed by atoms with Crippen LogP contribution in [-0.2, 0) is 0 Å². The van der Waals surface area contributed by atoms with Gasteiger partial charge in [-0.3, -0.25) is 0 Å². The van der Waals surface area contributed by atoms with Crippen molar-refractivity contribution >= 4 is 27.6 Å². The molecule has 0 nitrogen and oxygen atoms in total. The van der Waals surface area contributed by atoms with E-state index in [9.17, 15) is 0 Å². The van der Waals surface area contributed by atoms with Crippen LogP contribution in [0.15, 0.2) is 91.5 Å². The number of hydrogen-bond donors (Lipinski definition) is 0. The predicted octanol–water partition coefficient (Wildman–Crippen LogP) is 8.90. The first-order valence-corrected chi connectivity index (χ1v) is 10.8. The second-order valence-electron chi connectivity index (χ2n) is 8.42. The van der Waals surface area contributed by atoms with Crippen molar-refractivity contribution in [2.75, 3.05) is 0 Å². The van der Waals surface area contributed by atoms with Crippen LogP contribution in [0.1, 0.15) is 22.3 Å².